The van der Waals surface area contributed by atoms with Crippen LogP contribution >= 0.6 is 0 Å². The molecule has 0 aliphatic heterocycles. The summed E-state index contributed by atoms with van der Waals surface area (Å²) in [5.41, 5.74) is -0.0541. The lowest BCUT2D eigenvalue weighted by Gasteiger charge is -2.39. The summed E-state index contributed by atoms with van der Waals surface area (Å²) in [7, 11) is 3.11. The number of hydrogen-bond acceptors (Lipinski definition) is 6. The van der Waals surface area contributed by atoms with Gasteiger partial charge in [0.05, 0.1) is 31.2 Å². The Morgan fingerprint density at radius 1 is 0.947 bits per heavy atom. The van der Waals surface area contributed by atoms with Gasteiger partial charge in [-0.3, -0.25) is 9.59 Å². The number of carbonyl (C=O) groups excluding carboxylic acids is 2. The number of ether oxygens (including phenoxy) is 2. The Kier molecular flexibility index (Phi) is 6.38. The standard InChI is InChI=1S/C29H28F2N2O5/c1-36-21-6-5-19(14-23(21)37-2)18-3-4-20-15-24(38-22(20)13-18)26(35)33-28(9-11-29(30,31)12-10-28)25(34)16-27(17-32)7-8-27/h3-6,13-15H,7-12,16H2,1-2H3,(H,33,35). The highest BCUT2D eigenvalue weighted by Crippen LogP contribution is 2.50. The minimum absolute atomic E-state index is 0.0182. The number of halogens is 2. The predicted octanol–water partition coefficient (Wildman–Crippen LogP) is 6.06. The molecule has 1 amide bonds. The second kappa shape index (κ2) is 9.43. The minimum atomic E-state index is -2.89. The Hall–Kier alpha value is -3.93. The van der Waals surface area contributed by atoms with Crippen molar-refractivity contribution in [3.63, 3.8) is 0 Å². The SMILES string of the molecule is COc1ccc(-c2ccc3cc(C(=O)NC4(C(=O)CC5(C#N)CC5)CCC(F)(F)CC4)oc3c2)cc1OC. The molecule has 198 valence electrons. The summed E-state index contributed by atoms with van der Waals surface area (Å²) < 4.78 is 44.5. The molecule has 0 radical (unpaired) electrons. The number of benzene rings is 2. The van der Waals surface area contributed by atoms with Crippen LogP contribution in [0.15, 0.2) is 46.9 Å². The Labute approximate surface area is 218 Å². The lowest BCUT2D eigenvalue weighted by atomic mass is 9.74. The van der Waals surface area contributed by atoms with E-state index < -0.39 is 35.6 Å². The molecule has 9 heteroatoms. The van der Waals surface area contributed by atoms with Crippen LogP contribution in [0.2, 0.25) is 0 Å². The molecule has 2 aromatic carbocycles. The molecule has 38 heavy (non-hydrogen) atoms. The highest BCUT2D eigenvalue weighted by Gasteiger charge is 2.53. The van der Waals surface area contributed by atoms with E-state index in [1.807, 2.05) is 24.3 Å². The minimum Gasteiger partial charge on any atom is -0.493 e. The predicted molar refractivity (Wildman–Crippen MR) is 135 cm³/mol. The molecular weight excluding hydrogens is 494 g/mol. The molecule has 2 saturated carbocycles. The van der Waals surface area contributed by atoms with Crippen molar-refractivity contribution in [2.24, 2.45) is 5.41 Å². The highest BCUT2D eigenvalue weighted by molar-refractivity contribution is 6.01. The number of carbonyl (C=O) groups is 2. The molecular formula is C29H28F2N2O5. The van der Waals surface area contributed by atoms with Crippen molar-refractivity contribution in [2.75, 3.05) is 14.2 Å². The average Bonchev–Trinajstić information content (AvgIpc) is 3.56. The number of Topliss-reactive ketones (excluding diaryl/α,β-unsaturated/α-hetero) is 1. The lowest BCUT2D eigenvalue weighted by molar-refractivity contribution is -0.131. The van der Waals surface area contributed by atoms with Crippen LogP contribution in [-0.4, -0.2) is 37.4 Å². The van der Waals surface area contributed by atoms with E-state index in [1.54, 1.807) is 32.4 Å². The van der Waals surface area contributed by atoms with Crippen molar-refractivity contribution < 1.29 is 32.3 Å². The van der Waals surface area contributed by atoms with E-state index in [4.69, 9.17) is 13.9 Å². The first-order valence-electron chi connectivity index (χ1n) is 12.5. The molecule has 1 heterocycles. The molecule has 0 atom stereocenters. The molecule has 2 fully saturated rings. The zero-order chi connectivity index (χ0) is 27.1. The number of alkyl halides is 2. The van der Waals surface area contributed by atoms with Crippen LogP contribution in [0.4, 0.5) is 8.78 Å². The van der Waals surface area contributed by atoms with Crippen molar-refractivity contribution in [3.8, 4) is 28.7 Å². The molecule has 2 aliphatic rings. The van der Waals surface area contributed by atoms with E-state index in [2.05, 4.69) is 11.4 Å². The number of furan rings is 1. The number of ketones is 1. The molecule has 1 N–H and O–H groups in total. The molecule has 1 aromatic heterocycles. The van der Waals surface area contributed by atoms with Gasteiger partial charge in [-0.2, -0.15) is 5.26 Å². The van der Waals surface area contributed by atoms with Crippen LogP contribution in [0.1, 0.15) is 55.5 Å². The Morgan fingerprint density at radius 3 is 2.24 bits per heavy atom. The van der Waals surface area contributed by atoms with Gasteiger partial charge in [0.2, 0.25) is 5.92 Å². The van der Waals surface area contributed by atoms with Gasteiger partial charge in [-0.05, 0) is 61.1 Å². The van der Waals surface area contributed by atoms with Crippen molar-refractivity contribution >= 4 is 22.7 Å². The third-order valence-corrected chi connectivity index (χ3v) is 7.77. The van der Waals surface area contributed by atoms with Gasteiger partial charge in [0, 0.05) is 24.6 Å². The number of hydrogen-bond donors (Lipinski definition) is 1. The first kappa shape index (κ1) is 25.7. The van der Waals surface area contributed by atoms with E-state index in [-0.39, 0.29) is 30.8 Å². The number of methoxy groups -OCH3 is 2. The monoisotopic (exact) mass is 522 g/mol. The van der Waals surface area contributed by atoms with Crippen molar-refractivity contribution in [1.82, 2.24) is 5.32 Å². The summed E-state index contributed by atoms with van der Waals surface area (Å²) in [6.45, 7) is 0. The maximum atomic E-state index is 14.0. The van der Waals surface area contributed by atoms with Gasteiger partial charge in [-0.1, -0.05) is 18.2 Å². The summed E-state index contributed by atoms with van der Waals surface area (Å²) >= 11 is 0. The first-order chi connectivity index (χ1) is 18.1. The fraction of sp³-hybridized carbons (Fsp3) is 0.414. The topological polar surface area (TPSA) is 102 Å². The number of fused-ring (bicyclic) bond motifs is 1. The van der Waals surface area contributed by atoms with E-state index in [1.165, 1.54) is 0 Å². The molecule has 3 aromatic rings. The van der Waals surface area contributed by atoms with E-state index in [0.29, 0.717) is 35.3 Å². The van der Waals surface area contributed by atoms with Gasteiger partial charge in [0.25, 0.3) is 5.91 Å². The van der Waals surface area contributed by atoms with E-state index in [9.17, 15) is 23.6 Å². The van der Waals surface area contributed by atoms with Crippen LogP contribution < -0.4 is 14.8 Å². The van der Waals surface area contributed by atoms with Crippen LogP contribution in [-0.2, 0) is 4.79 Å². The zero-order valence-electron chi connectivity index (χ0n) is 21.2. The van der Waals surface area contributed by atoms with Crippen molar-refractivity contribution in [1.29, 1.82) is 5.26 Å². The summed E-state index contributed by atoms with van der Waals surface area (Å²) in [5, 5.41) is 12.9. The molecule has 0 bridgehead atoms. The van der Waals surface area contributed by atoms with Crippen LogP contribution in [0, 0.1) is 16.7 Å². The van der Waals surface area contributed by atoms with E-state index in [0.717, 1.165) is 11.1 Å². The molecule has 7 nitrogen and oxygen atoms in total. The number of nitrogens with zero attached hydrogens (tertiary/aromatic N) is 1. The molecule has 0 spiro atoms. The van der Waals surface area contributed by atoms with Crippen molar-refractivity contribution in [3.05, 3.63) is 48.2 Å². The Balaban J connectivity index is 1.40. The lowest BCUT2D eigenvalue weighted by Crippen LogP contribution is -2.58. The van der Waals surface area contributed by atoms with Gasteiger partial charge in [0.15, 0.2) is 23.0 Å². The number of nitrogens with one attached hydrogen (secondary N) is 1. The van der Waals surface area contributed by atoms with E-state index >= 15 is 0 Å². The first-order valence-corrected chi connectivity index (χ1v) is 12.5. The Morgan fingerprint density at radius 2 is 1.61 bits per heavy atom. The fourth-order valence-corrected chi connectivity index (χ4v) is 5.09. The average molecular weight is 523 g/mol. The third kappa shape index (κ3) is 4.83. The molecule has 5 rings (SSSR count). The fourth-order valence-electron chi connectivity index (χ4n) is 5.09. The van der Waals surface area contributed by atoms with Crippen molar-refractivity contribution in [2.45, 2.75) is 56.4 Å². The van der Waals surface area contributed by atoms with Gasteiger partial charge in [-0.25, -0.2) is 8.78 Å². The van der Waals surface area contributed by atoms with Gasteiger partial charge in [-0.15, -0.1) is 0 Å². The summed E-state index contributed by atoms with van der Waals surface area (Å²) in [5.74, 6) is -2.75. The van der Waals surface area contributed by atoms with Gasteiger partial charge < -0.3 is 19.2 Å². The normalized spacial score (nSPS) is 18.8. The summed E-state index contributed by atoms with van der Waals surface area (Å²) in [4.78, 5) is 26.6. The van der Waals surface area contributed by atoms with Crippen LogP contribution in [0.25, 0.3) is 22.1 Å². The highest BCUT2D eigenvalue weighted by atomic mass is 19.3. The number of amides is 1. The zero-order valence-corrected chi connectivity index (χ0v) is 21.2. The van der Waals surface area contributed by atoms with Gasteiger partial charge >= 0.3 is 0 Å². The third-order valence-electron chi connectivity index (χ3n) is 7.77. The maximum absolute atomic E-state index is 14.0. The van der Waals surface area contributed by atoms with Gasteiger partial charge in [0.1, 0.15) is 5.58 Å². The Bertz CT molecular complexity index is 1440. The van der Waals surface area contributed by atoms with Crippen LogP contribution in [0.3, 0.4) is 0 Å². The maximum Gasteiger partial charge on any atom is 0.287 e. The largest absolute Gasteiger partial charge is 0.493 e. The molecule has 2 aliphatic carbocycles. The summed E-state index contributed by atoms with van der Waals surface area (Å²) in [6, 6.07) is 14.7. The smallest absolute Gasteiger partial charge is 0.287 e. The number of nitriles is 1. The number of rotatable bonds is 8. The van der Waals surface area contributed by atoms with Crippen LogP contribution in [0.5, 0.6) is 11.5 Å². The molecule has 0 saturated heterocycles. The second-order valence-electron chi connectivity index (χ2n) is 10.3. The quantitative estimate of drug-likeness (QED) is 0.386. The second-order valence-corrected chi connectivity index (χ2v) is 10.3. The molecule has 0 unspecified atom stereocenters. The summed E-state index contributed by atoms with van der Waals surface area (Å²) in [6.07, 6.45) is -0.237.